The van der Waals surface area contributed by atoms with Crippen molar-refractivity contribution in [1.29, 1.82) is 0 Å². The van der Waals surface area contributed by atoms with E-state index in [1.165, 1.54) is 6.07 Å². The van der Waals surface area contributed by atoms with Crippen molar-refractivity contribution in [2.24, 2.45) is 0 Å². The standard InChI is InChI=1S/C28H32N4O5/c1-17(2)35-24-13-10-18(16-22(24)29-6)26-30-25(31-37-26)21-9-7-8-20-19(21)11-12-23(20)32(14-15-33)27(34)36-28(3,4)5/h7-10,13,16-17,23,33H,11-12,14-15H2,1-5H3/t23-/m0/s1/i14D2,15D2,17D. The fourth-order valence-electron chi connectivity index (χ4n) is 4.22. The maximum absolute atomic E-state index is 13.2. The summed E-state index contributed by atoms with van der Waals surface area (Å²) in [7, 11) is 0. The molecule has 0 unspecified atom stereocenters. The minimum Gasteiger partial charge on any atom is -0.502 e. The molecular formula is C28H32N4O5. The summed E-state index contributed by atoms with van der Waals surface area (Å²) in [5, 5.41) is 14.2. The first-order valence-electron chi connectivity index (χ1n) is 14.2. The number of hydrogen-bond donors (Lipinski definition) is 1. The van der Waals surface area contributed by atoms with Crippen LogP contribution < -0.4 is 4.74 Å². The Bertz CT molecular complexity index is 1530. The summed E-state index contributed by atoms with van der Waals surface area (Å²) in [6.45, 7) is 8.95. The highest BCUT2D eigenvalue weighted by Crippen LogP contribution is 2.41. The van der Waals surface area contributed by atoms with Crippen LogP contribution in [0.1, 0.15) is 65.1 Å². The number of amides is 1. The molecule has 3 aromatic rings. The van der Waals surface area contributed by atoms with Crippen molar-refractivity contribution in [3.05, 3.63) is 58.9 Å². The Morgan fingerprint density at radius 2 is 2.16 bits per heavy atom. The monoisotopic (exact) mass is 509 g/mol. The van der Waals surface area contributed by atoms with Crippen molar-refractivity contribution >= 4 is 11.8 Å². The molecule has 0 aliphatic heterocycles. The smallest absolute Gasteiger partial charge is 0.410 e. The Labute approximate surface area is 223 Å². The number of aromatic nitrogens is 2. The molecule has 1 aromatic heterocycles. The summed E-state index contributed by atoms with van der Waals surface area (Å²) in [5.74, 6) is 0.616. The number of nitrogens with zero attached hydrogens (tertiary/aromatic N) is 4. The van der Waals surface area contributed by atoms with Gasteiger partial charge in [-0.3, -0.25) is 4.90 Å². The SMILES string of the molecule is [2H]C(C)(C)Oc1ccc(-c2nc(-c3cccc4c3CC[C@@H]4N(C(=O)OC(C)(C)C)C([2H])([2H])C([2H])([2H])O)no2)cc1[N+]#[C-]. The Morgan fingerprint density at radius 1 is 1.38 bits per heavy atom. The molecule has 1 heterocycles. The van der Waals surface area contributed by atoms with E-state index in [-0.39, 0.29) is 29.6 Å². The van der Waals surface area contributed by atoms with Crippen LogP contribution in [-0.4, -0.2) is 51.0 Å². The zero-order valence-corrected chi connectivity index (χ0v) is 21.3. The Hall–Kier alpha value is -3.90. The van der Waals surface area contributed by atoms with Crippen molar-refractivity contribution in [2.75, 3.05) is 13.1 Å². The third-order valence-corrected chi connectivity index (χ3v) is 5.62. The normalized spacial score (nSPS) is 17.9. The van der Waals surface area contributed by atoms with Crippen molar-refractivity contribution in [2.45, 2.75) is 65.2 Å². The number of rotatable bonds is 7. The van der Waals surface area contributed by atoms with Gasteiger partial charge in [0.15, 0.2) is 0 Å². The largest absolute Gasteiger partial charge is 0.502 e. The Kier molecular flexibility index (Phi) is 5.79. The lowest BCUT2D eigenvalue weighted by molar-refractivity contribution is 0.0120. The van der Waals surface area contributed by atoms with E-state index in [0.29, 0.717) is 33.6 Å². The van der Waals surface area contributed by atoms with Crippen LogP contribution in [0.15, 0.2) is 40.9 Å². The minimum absolute atomic E-state index is 0.138. The van der Waals surface area contributed by atoms with E-state index in [0.717, 1.165) is 0 Å². The van der Waals surface area contributed by atoms with Crippen LogP contribution in [0, 0.1) is 6.57 Å². The number of ether oxygens (including phenoxy) is 2. The van der Waals surface area contributed by atoms with E-state index >= 15 is 0 Å². The van der Waals surface area contributed by atoms with Crippen LogP contribution in [0.2, 0.25) is 0 Å². The van der Waals surface area contributed by atoms with Crippen molar-refractivity contribution in [1.82, 2.24) is 15.0 Å². The second-order valence-corrected chi connectivity index (χ2v) is 9.73. The first kappa shape index (κ1) is 20.2. The van der Waals surface area contributed by atoms with Gasteiger partial charge in [-0.15, -0.1) is 0 Å². The predicted molar refractivity (Wildman–Crippen MR) is 138 cm³/mol. The fraction of sp³-hybridized carbons (Fsp3) is 0.429. The molecule has 1 amide bonds. The first-order chi connectivity index (χ1) is 19.3. The number of aliphatic hydroxyl groups is 1. The quantitative estimate of drug-likeness (QED) is 0.392. The Balaban J connectivity index is 1.71. The summed E-state index contributed by atoms with van der Waals surface area (Å²) in [6, 6.07) is 8.92. The molecule has 1 atom stereocenters. The number of carbonyl (C=O) groups is 1. The van der Waals surface area contributed by atoms with E-state index in [2.05, 4.69) is 15.0 Å². The molecule has 194 valence electrons. The molecule has 1 aliphatic rings. The summed E-state index contributed by atoms with van der Waals surface area (Å²) < 4.78 is 56.6. The molecule has 4 rings (SSSR count). The molecule has 0 bridgehead atoms. The highest BCUT2D eigenvalue weighted by atomic mass is 16.6. The number of fused-ring (bicyclic) bond motifs is 1. The van der Waals surface area contributed by atoms with E-state index in [1.54, 1.807) is 65.0 Å². The average Bonchev–Trinajstić information content (AvgIpc) is 3.49. The van der Waals surface area contributed by atoms with Crippen molar-refractivity contribution in [3.8, 4) is 28.6 Å². The van der Waals surface area contributed by atoms with Crippen LogP contribution in [-0.2, 0) is 11.2 Å². The predicted octanol–water partition coefficient (Wildman–Crippen LogP) is 5.96. The van der Waals surface area contributed by atoms with Crippen LogP contribution in [0.3, 0.4) is 0 Å². The van der Waals surface area contributed by atoms with Crippen LogP contribution >= 0.6 is 0 Å². The second kappa shape index (κ2) is 10.6. The fourth-order valence-corrected chi connectivity index (χ4v) is 4.22. The summed E-state index contributed by atoms with van der Waals surface area (Å²) in [6.07, 6.45) is -1.73. The van der Waals surface area contributed by atoms with Gasteiger partial charge in [-0.2, -0.15) is 4.98 Å². The van der Waals surface area contributed by atoms with Gasteiger partial charge in [0.25, 0.3) is 5.89 Å². The maximum atomic E-state index is 13.2. The molecule has 0 spiro atoms. The van der Waals surface area contributed by atoms with Gasteiger partial charge in [-0.25, -0.2) is 9.64 Å². The van der Waals surface area contributed by atoms with Crippen molar-refractivity contribution in [3.63, 3.8) is 0 Å². The topological polar surface area (TPSA) is 102 Å². The van der Waals surface area contributed by atoms with Gasteiger partial charge in [-0.05, 0) is 76.8 Å². The number of carbonyl (C=O) groups excluding carboxylic acids is 1. The molecule has 9 nitrogen and oxygen atoms in total. The molecule has 1 aliphatic carbocycles. The van der Waals surface area contributed by atoms with E-state index in [9.17, 15) is 9.90 Å². The van der Waals surface area contributed by atoms with Gasteiger partial charge >= 0.3 is 6.09 Å². The van der Waals surface area contributed by atoms with Crippen LogP contribution in [0.25, 0.3) is 27.7 Å². The highest BCUT2D eigenvalue weighted by molar-refractivity contribution is 5.72. The second-order valence-electron chi connectivity index (χ2n) is 9.73. The van der Waals surface area contributed by atoms with Crippen molar-refractivity contribution < 1.29 is 30.8 Å². The molecule has 9 heteroatoms. The Morgan fingerprint density at radius 3 is 2.84 bits per heavy atom. The zero-order chi connectivity index (χ0) is 31.3. The van der Waals surface area contributed by atoms with Gasteiger partial charge < -0.3 is 19.1 Å². The van der Waals surface area contributed by atoms with Gasteiger partial charge in [-0.1, -0.05) is 23.4 Å². The van der Waals surface area contributed by atoms with E-state index in [4.69, 9.17) is 27.4 Å². The lowest BCUT2D eigenvalue weighted by Crippen LogP contribution is -2.40. The zero-order valence-electron chi connectivity index (χ0n) is 26.3. The summed E-state index contributed by atoms with van der Waals surface area (Å²) in [5.41, 5.74) is 1.47. The average molecular weight is 510 g/mol. The molecule has 0 radical (unpaired) electrons. The first-order valence-corrected chi connectivity index (χ1v) is 11.7. The molecule has 0 saturated carbocycles. The third-order valence-electron chi connectivity index (χ3n) is 5.62. The lowest BCUT2D eigenvalue weighted by Gasteiger charge is -2.31. The molecular weight excluding hydrogens is 472 g/mol. The van der Waals surface area contributed by atoms with Crippen LogP contribution in [0.5, 0.6) is 5.75 Å². The van der Waals surface area contributed by atoms with Gasteiger partial charge in [0, 0.05) is 17.6 Å². The molecule has 2 aromatic carbocycles. The minimum atomic E-state index is -3.38. The third kappa shape index (κ3) is 5.75. The molecule has 0 fully saturated rings. The summed E-state index contributed by atoms with van der Waals surface area (Å²) >= 11 is 0. The highest BCUT2D eigenvalue weighted by Gasteiger charge is 2.35. The maximum Gasteiger partial charge on any atom is 0.410 e. The molecule has 37 heavy (non-hydrogen) atoms. The summed E-state index contributed by atoms with van der Waals surface area (Å²) in [4.78, 5) is 21.8. The van der Waals surface area contributed by atoms with Gasteiger partial charge in [0.05, 0.1) is 32.1 Å². The van der Waals surface area contributed by atoms with Gasteiger partial charge in [0.1, 0.15) is 11.4 Å². The molecule has 0 saturated heterocycles. The van der Waals surface area contributed by atoms with E-state index in [1.807, 2.05) is 0 Å². The van der Waals surface area contributed by atoms with Crippen LogP contribution in [0.4, 0.5) is 10.5 Å². The number of hydrogen-bond acceptors (Lipinski definition) is 7. The number of benzene rings is 2. The molecule has 1 N–H and O–H groups in total. The van der Waals surface area contributed by atoms with Gasteiger partial charge in [0.2, 0.25) is 11.5 Å². The lowest BCUT2D eigenvalue weighted by atomic mass is 10.0. The van der Waals surface area contributed by atoms with E-state index < -0.39 is 36.9 Å².